The molecule has 0 saturated carbocycles. The van der Waals surface area contributed by atoms with Crippen molar-refractivity contribution in [1.29, 1.82) is 0 Å². The summed E-state index contributed by atoms with van der Waals surface area (Å²) < 4.78 is 30.9. The first-order valence-electron chi connectivity index (χ1n) is 22.2. The maximum atomic E-state index is 14.1. The number of carboxylic acids is 1. The molecular formula is C52H55N5O9. The molecule has 342 valence electrons. The number of aliphatic carboxylic acids is 1. The number of fused-ring (bicyclic) bond motifs is 8. The third-order valence-corrected chi connectivity index (χ3v) is 12.5. The Labute approximate surface area is 384 Å². The lowest BCUT2D eigenvalue weighted by molar-refractivity contribution is -0.135. The van der Waals surface area contributed by atoms with Gasteiger partial charge in [0.2, 0.25) is 0 Å². The number of carbonyl (C=O) groups is 3. The zero-order valence-electron chi connectivity index (χ0n) is 38.3. The first kappa shape index (κ1) is 44.2. The number of amides is 2. The molecule has 4 aliphatic rings. The van der Waals surface area contributed by atoms with E-state index in [1.54, 1.807) is 36.3 Å². The van der Waals surface area contributed by atoms with E-state index >= 15 is 0 Å². The number of hydrogen-bond acceptors (Lipinski definition) is 11. The summed E-state index contributed by atoms with van der Waals surface area (Å²) in [6.45, 7) is 10.4. The molecule has 0 spiro atoms. The molecule has 0 aromatic heterocycles. The number of para-hydroxylation sites is 2. The molecule has 0 saturated heterocycles. The van der Waals surface area contributed by atoms with E-state index in [0.717, 1.165) is 34.5 Å². The molecule has 5 aromatic rings. The first-order chi connectivity index (χ1) is 31.6. The summed E-state index contributed by atoms with van der Waals surface area (Å²) in [5.41, 5.74) is 6.84. The third kappa shape index (κ3) is 8.60. The van der Waals surface area contributed by atoms with Crippen LogP contribution in [0.2, 0.25) is 0 Å². The number of ether oxygens (including phenoxy) is 5. The van der Waals surface area contributed by atoms with Gasteiger partial charge in [0, 0.05) is 48.4 Å². The number of nitrogens with zero attached hydrogens (tertiary/aromatic N) is 4. The minimum Gasteiger partial charge on any atom is -0.493 e. The maximum absolute atomic E-state index is 14.1. The molecular weight excluding hydrogens is 839 g/mol. The van der Waals surface area contributed by atoms with Gasteiger partial charge in [0.25, 0.3) is 11.8 Å². The monoisotopic (exact) mass is 893 g/mol. The van der Waals surface area contributed by atoms with Crippen molar-refractivity contribution in [1.82, 2.24) is 0 Å². The topological polar surface area (TPSA) is 152 Å². The van der Waals surface area contributed by atoms with E-state index < -0.39 is 17.1 Å². The summed E-state index contributed by atoms with van der Waals surface area (Å²) >= 11 is 0. The van der Waals surface area contributed by atoms with Crippen LogP contribution >= 0.6 is 0 Å². The van der Waals surface area contributed by atoms with Crippen LogP contribution in [-0.4, -0.2) is 86.2 Å². The number of carbonyl (C=O) groups excluding carboxylic acids is 2. The van der Waals surface area contributed by atoms with Gasteiger partial charge < -0.3 is 43.9 Å². The van der Waals surface area contributed by atoms with E-state index in [1.165, 1.54) is 7.11 Å². The summed E-state index contributed by atoms with van der Waals surface area (Å²) in [6.07, 6.45) is 3.24. The van der Waals surface area contributed by atoms with Crippen LogP contribution in [0.25, 0.3) is 0 Å². The van der Waals surface area contributed by atoms with E-state index in [2.05, 4.69) is 11.4 Å². The lowest BCUT2D eigenvalue weighted by atomic mass is 10.00. The highest BCUT2D eigenvalue weighted by atomic mass is 16.5. The van der Waals surface area contributed by atoms with Gasteiger partial charge in [-0.3, -0.25) is 24.3 Å². The number of benzene rings is 5. The van der Waals surface area contributed by atoms with E-state index in [4.69, 9.17) is 28.7 Å². The Morgan fingerprint density at radius 2 is 1.35 bits per heavy atom. The minimum atomic E-state index is -1.01. The molecule has 66 heavy (non-hydrogen) atoms. The molecule has 5 aromatic carbocycles. The van der Waals surface area contributed by atoms with E-state index in [9.17, 15) is 19.5 Å². The Kier molecular flexibility index (Phi) is 11.6. The number of aliphatic imine (C=N–C) groups is 1. The fourth-order valence-electron chi connectivity index (χ4n) is 9.25. The lowest BCUT2D eigenvalue weighted by Gasteiger charge is -2.41. The molecule has 2 atom stereocenters. The van der Waals surface area contributed by atoms with E-state index in [-0.39, 0.29) is 50.3 Å². The van der Waals surface area contributed by atoms with Gasteiger partial charge in [-0.2, -0.15) is 0 Å². The summed E-state index contributed by atoms with van der Waals surface area (Å²) in [5, 5.41) is 13.7. The average Bonchev–Trinajstić information content (AvgIpc) is 3.79. The summed E-state index contributed by atoms with van der Waals surface area (Å²) in [4.78, 5) is 50.9. The summed E-state index contributed by atoms with van der Waals surface area (Å²) in [7, 11) is 3.07. The van der Waals surface area contributed by atoms with E-state index in [1.807, 2.05) is 111 Å². The van der Waals surface area contributed by atoms with E-state index in [0.29, 0.717) is 69.7 Å². The van der Waals surface area contributed by atoms with Crippen molar-refractivity contribution in [3.05, 3.63) is 124 Å². The van der Waals surface area contributed by atoms with Gasteiger partial charge in [0.15, 0.2) is 23.0 Å². The quantitative estimate of drug-likeness (QED) is 0.110. The maximum Gasteiger partial charge on any atom is 0.323 e. The van der Waals surface area contributed by atoms with Crippen molar-refractivity contribution < 1.29 is 43.2 Å². The molecule has 0 aliphatic carbocycles. The molecule has 4 heterocycles. The number of rotatable bonds is 14. The molecule has 0 unspecified atom stereocenters. The summed E-state index contributed by atoms with van der Waals surface area (Å²) in [5.74, 6) is 0.278. The van der Waals surface area contributed by atoms with Crippen LogP contribution in [0.5, 0.6) is 23.0 Å². The van der Waals surface area contributed by atoms with Crippen molar-refractivity contribution in [3.8, 4) is 23.0 Å². The summed E-state index contributed by atoms with van der Waals surface area (Å²) in [6, 6.07) is 28.3. The number of methoxy groups -OCH3 is 2. The second-order valence-electron chi connectivity index (χ2n) is 18.7. The number of nitrogens with one attached hydrogen (secondary N) is 1. The molecule has 0 bridgehead atoms. The first-order valence-corrected chi connectivity index (χ1v) is 22.2. The Hall–Kier alpha value is -7.06. The van der Waals surface area contributed by atoms with Crippen LogP contribution in [0, 0.1) is 0 Å². The fraction of sp³-hybridized carbons (Fsp3) is 0.346. The lowest BCUT2D eigenvalue weighted by Crippen LogP contribution is -2.51. The molecule has 4 aliphatic heterocycles. The SMILES string of the molecule is COc1cc2c(cc1OCc1cc(COc3cc4c(cc3OC)C(=O)N3c5ccccc5C[C@H]3CN4)cc(N(CC(=O)O)C(C)(C)COC(C)(C)C)c1)N=C[C@@H]1Cc3ccccc3N1C2=O. The van der Waals surface area contributed by atoms with Crippen molar-refractivity contribution >= 4 is 52.4 Å². The fourth-order valence-corrected chi connectivity index (χ4v) is 9.25. The van der Waals surface area contributed by atoms with Gasteiger partial charge in [-0.05, 0) is 106 Å². The molecule has 2 N–H and O–H groups in total. The smallest absolute Gasteiger partial charge is 0.323 e. The second-order valence-corrected chi connectivity index (χ2v) is 18.7. The van der Waals surface area contributed by atoms with Gasteiger partial charge >= 0.3 is 5.97 Å². The van der Waals surface area contributed by atoms with Crippen LogP contribution in [0.4, 0.5) is 28.4 Å². The van der Waals surface area contributed by atoms with Crippen molar-refractivity contribution in [2.75, 3.05) is 53.9 Å². The van der Waals surface area contributed by atoms with Gasteiger partial charge in [0.1, 0.15) is 19.8 Å². The number of carboxylic acid groups (broad SMARTS) is 1. The average molecular weight is 894 g/mol. The van der Waals surface area contributed by atoms with Crippen LogP contribution in [-0.2, 0) is 35.6 Å². The highest BCUT2D eigenvalue weighted by molar-refractivity contribution is 6.15. The van der Waals surface area contributed by atoms with Crippen LogP contribution in [0.1, 0.15) is 77.6 Å². The molecule has 9 rings (SSSR count). The Morgan fingerprint density at radius 1 is 0.758 bits per heavy atom. The van der Waals surface area contributed by atoms with Gasteiger partial charge in [0.05, 0.1) is 66.6 Å². The van der Waals surface area contributed by atoms with Crippen molar-refractivity contribution in [3.63, 3.8) is 0 Å². The zero-order chi connectivity index (χ0) is 46.5. The standard InChI is InChI=1S/C52H55N5O9/c1-51(2,3)66-30-52(4,5)55(27-48(58)59)35-17-31(28-64-46-23-40-38(21-44(46)62-6)49(60)56-36(25-53-40)19-33-12-8-10-14-42(33)56)16-32(18-35)29-65-47-24-41-39(22-45(47)63-7)50(61)57-37(26-54-41)20-34-13-9-11-15-43(34)57/h8-18,21-25,36-37,54H,19-20,26-30H2,1-7H3,(H,58,59)/t36-,37-/m0/s1. The van der Waals surface area contributed by atoms with Crippen molar-refractivity contribution in [2.24, 2.45) is 4.99 Å². The Balaban J connectivity index is 1.03. The van der Waals surface area contributed by atoms with Gasteiger partial charge in [-0.1, -0.05) is 36.4 Å². The number of hydrogen-bond donors (Lipinski definition) is 2. The predicted octanol–water partition coefficient (Wildman–Crippen LogP) is 8.63. The van der Waals surface area contributed by atoms with Crippen LogP contribution in [0.15, 0.2) is 96.0 Å². The third-order valence-electron chi connectivity index (χ3n) is 12.5. The predicted molar refractivity (Wildman–Crippen MR) is 254 cm³/mol. The van der Waals surface area contributed by atoms with Crippen LogP contribution in [0.3, 0.4) is 0 Å². The number of anilines is 4. The highest BCUT2D eigenvalue weighted by Crippen LogP contribution is 2.43. The Bertz CT molecular complexity index is 2760. The Morgan fingerprint density at radius 3 is 1.98 bits per heavy atom. The molecule has 0 fully saturated rings. The van der Waals surface area contributed by atoms with Gasteiger partial charge in [-0.25, -0.2) is 0 Å². The van der Waals surface area contributed by atoms with Gasteiger partial charge in [-0.15, -0.1) is 0 Å². The molecule has 14 heteroatoms. The normalized spacial score (nSPS) is 17.0. The molecule has 14 nitrogen and oxygen atoms in total. The van der Waals surface area contributed by atoms with Crippen LogP contribution < -0.4 is 39.0 Å². The van der Waals surface area contributed by atoms with Crippen molar-refractivity contribution in [2.45, 2.75) is 83.9 Å². The molecule has 0 radical (unpaired) electrons. The largest absolute Gasteiger partial charge is 0.493 e. The zero-order valence-corrected chi connectivity index (χ0v) is 38.3. The highest BCUT2D eigenvalue weighted by Gasteiger charge is 2.39. The second kappa shape index (κ2) is 17.4. The minimum absolute atomic E-state index is 0.0373. The molecule has 2 amide bonds.